The maximum absolute atomic E-state index is 12.3. The molecule has 0 spiro atoms. The summed E-state index contributed by atoms with van der Waals surface area (Å²) in [5.41, 5.74) is 1.62. The lowest BCUT2D eigenvalue weighted by Gasteiger charge is -2.09. The number of hydrogen-bond donors (Lipinski definition) is 2. The molecule has 6 nitrogen and oxygen atoms in total. The average Bonchev–Trinajstić information content (AvgIpc) is 3.12. The molecule has 8 heteroatoms. The van der Waals surface area contributed by atoms with Gasteiger partial charge in [-0.1, -0.05) is 23.7 Å². The van der Waals surface area contributed by atoms with Gasteiger partial charge in [-0.15, -0.1) is 11.3 Å². The molecule has 2 N–H and O–H groups in total. The predicted octanol–water partition coefficient (Wildman–Crippen LogP) is 4.81. The minimum Gasteiger partial charge on any atom is -0.493 e. The highest BCUT2D eigenvalue weighted by atomic mass is 35.5. The van der Waals surface area contributed by atoms with Crippen molar-refractivity contribution in [2.24, 2.45) is 0 Å². The summed E-state index contributed by atoms with van der Waals surface area (Å²) < 4.78 is 10.5. The van der Waals surface area contributed by atoms with Crippen LogP contribution in [0.4, 0.5) is 16.5 Å². The lowest BCUT2D eigenvalue weighted by molar-refractivity contribution is 0.102. The number of amides is 1. The second kappa shape index (κ2) is 8.07. The molecular weight excluding hydrogens is 374 g/mol. The van der Waals surface area contributed by atoms with Gasteiger partial charge in [0.25, 0.3) is 5.91 Å². The molecule has 0 radical (unpaired) electrons. The van der Waals surface area contributed by atoms with Crippen LogP contribution in [-0.2, 0) is 0 Å². The first kappa shape index (κ1) is 18.0. The van der Waals surface area contributed by atoms with Gasteiger partial charge in [-0.3, -0.25) is 4.79 Å². The number of ether oxygens (including phenoxy) is 2. The first-order valence-electron chi connectivity index (χ1n) is 7.61. The molecule has 0 bridgehead atoms. The Bertz CT molecular complexity index is 930. The van der Waals surface area contributed by atoms with E-state index in [0.717, 1.165) is 5.69 Å². The van der Waals surface area contributed by atoms with Crippen molar-refractivity contribution < 1.29 is 14.3 Å². The Kier molecular flexibility index (Phi) is 5.60. The van der Waals surface area contributed by atoms with E-state index in [2.05, 4.69) is 15.6 Å². The van der Waals surface area contributed by atoms with Crippen LogP contribution in [0.3, 0.4) is 0 Å². The first-order valence-corrected chi connectivity index (χ1v) is 8.87. The van der Waals surface area contributed by atoms with Crippen molar-refractivity contribution in [3.05, 3.63) is 58.6 Å². The summed E-state index contributed by atoms with van der Waals surface area (Å²) in [6, 6.07) is 12.5. The zero-order valence-corrected chi connectivity index (χ0v) is 15.6. The summed E-state index contributed by atoms with van der Waals surface area (Å²) in [6.07, 6.45) is 0. The summed E-state index contributed by atoms with van der Waals surface area (Å²) in [5, 5.41) is 8.62. The van der Waals surface area contributed by atoms with Crippen LogP contribution < -0.4 is 20.1 Å². The number of carbonyl (C=O) groups excluding carboxylic acids is 1. The van der Waals surface area contributed by atoms with E-state index in [1.165, 1.54) is 11.3 Å². The van der Waals surface area contributed by atoms with E-state index >= 15 is 0 Å². The van der Waals surface area contributed by atoms with E-state index in [0.29, 0.717) is 33.0 Å². The molecule has 134 valence electrons. The van der Waals surface area contributed by atoms with Gasteiger partial charge < -0.3 is 20.1 Å². The summed E-state index contributed by atoms with van der Waals surface area (Å²) in [4.78, 5) is 16.6. The van der Waals surface area contributed by atoms with E-state index < -0.39 is 0 Å². The van der Waals surface area contributed by atoms with Crippen molar-refractivity contribution in [3.8, 4) is 11.5 Å². The van der Waals surface area contributed by atoms with Gasteiger partial charge >= 0.3 is 0 Å². The lowest BCUT2D eigenvalue weighted by Crippen LogP contribution is -2.12. The first-order chi connectivity index (χ1) is 12.6. The molecule has 1 amide bonds. The van der Waals surface area contributed by atoms with Gasteiger partial charge in [0, 0.05) is 17.1 Å². The second-order valence-corrected chi connectivity index (χ2v) is 6.43. The Morgan fingerprint density at radius 1 is 1.12 bits per heavy atom. The van der Waals surface area contributed by atoms with Crippen molar-refractivity contribution in [1.29, 1.82) is 0 Å². The van der Waals surface area contributed by atoms with Crippen LogP contribution in [0.1, 0.15) is 10.5 Å². The standard InChI is InChI=1S/C18H16ClN3O3S/c1-24-15-8-7-11(9-16(15)25-2)20-18-22-14(10-26-18)17(23)21-13-6-4-3-5-12(13)19/h3-10H,1-2H3,(H,20,22)(H,21,23). The fraction of sp³-hybridized carbons (Fsp3) is 0.111. The number of methoxy groups -OCH3 is 2. The molecule has 3 aromatic rings. The van der Waals surface area contributed by atoms with E-state index in [1.54, 1.807) is 56.0 Å². The number of rotatable bonds is 6. The molecule has 0 aliphatic heterocycles. The zero-order chi connectivity index (χ0) is 18.5. The molecule has 26 heavy (non-hydrogen) atoms. The maximum atomic E-state index is 12.3. The fourth-order valence-electron chi connectivity index (χ4n) is 2.22. The molecule has 0 atom stereocenters. The van der Waals surface area contributed by atoms with E-state index in [1.807, 2.05) is 6.07 Å². The topological polar surface area (TPSA) is 72.5 Å². The molecule has 1 aromatic heterocycles. The molecule has 0 aliphatic rings. The Hall–Kier alpha value is -2.77. The highest BCUT2D eigenvalue weighted by molar-refractivity contribution is 7.14. The number of halogens is 1. The van der Waals surface area contributed by atoms with Gasteiger partial charge in [0.15, 0.2) is 16.6 Å². The Morgan fingerprint density at radius 3 is 2.62 bits per heavy atom. The molecule has 0 saturated heterocycles. The van der Waals surface area contributed by atoms with Crippen molar-refractivity contribution >= 4 is 45.4 Å². The van der Waals surface area contributed by atoms with Crippen LogP contribution in [0.2, 0.25) is 5.02 Å². The maximum Gasteiger partial charge on any atom is 0.275 e. The minimum atomic E-state index is -0.324. The van der Waals surface area contributed by atoms with Gasteiger partial charge in [-0.25, -0.2) is 4.98 Å². The fourth-order valence-corrected chi connectivity index (χ4v) is 3.12. The number of nitrogens with zero attached hydrogens (tertiary/aromatic N) is 1. The third-order valence-corrected chi connectivity index (χ3v) is 4.58. The van der Waals surface area contributed by atoms with E-state index in [4.69, 9.17) is 21.1 Å². The molecule has 0 aliphatic carbocycles. The minimum absolute atomic E-state index is 0.304. The van der Waals surface area contributed by atoms with Crippen LogP contribution in [0.15, 0.2) is 47.8 Å². The molecule has 0 fully saturated rings. The molecule has 0 unspecified atom stereocenters. The van der Waals surface area contributed by atoms with Crippen LogP contribution in [0.5, 0.6) is 11.5 Å². The normalized spacial score (nSPS) is 10.3. The van der Waals surface area contributed by atoms with Crippen molar-refractivity contribution in [2.45, 2.75) is 0 Å². The van der Waals surface area contributed by atoms with Gasteiger partial charge in [-0.05, 0) is 24.3 Å². The van der Waals surface area contributed by atoms with Gasteiger partial charge in [0.1, 0.15) is 5.69 Å². The zero-order valence-electron chi connectivity index (χ0n) is 14.1. The van der Waals surface area contributed by atoms with Crippen molar-refractivity contribution in [1.82, 2.24) is 4.98 Å². The summed E-state index contributed by atoms with van der Waals surface area (Å²) in [5.74, 6) is 0.914. The van der Waals surface area contributed by atoms with Crippen LogP contribution in [0.25, 0.3) is 0 Å². The number of nitrogens with one attached hydrogen (secondary N) is 2. The molecule has 1 heterocycles. The quantitative estimate of drug-likeness (QED) is 0.633. The number of aromatic nitrogens is 1. The van der Waals surface area contributed by atoms with E-state index in [-0.39, 0.29) is 5.91 Å². The van der Waals surface area contributed by atoms with Crippen LogP contribution in [-0.4, -0.2) is 25.1 Å². The van der Waals surface area contributed by atoms with Gasteiger partial charge in [0.2, 0.25) is 0 Å². The second-order valence-electron chi connectivity index (χ2n) is 5.17. The number of benzene rings is 2. The molecular formula is C18H16ClN3O3S. The van der Waals surface area contributed by atoms with E-state index in [9.17, 15) is 4.79 Å². The number of thiazole rings is 1. The van der Waals surface area contributed by atoms with Crippen molar-refractivity contribution in [2.75, 3.05) is 24.9 Å². The number of anilines is 3. The number of para-hydroxylation sites is 1. The summed E-state index contributed by atoms with van der Waals surface area (Å²) in [6.45, 7) is 0. The molecule has 3 rings (SSSR count). The number of carbonyl (C=O) groups is 1. The number of hydrogen-bond acceptors (Lipinski definition) is 6. The smallest absolute Gasteiger partial charge is 0.275 e. The third-order valence-electron chi connectivity index (χ3n) is 3.49. The van der Waals surface area contributed by atoms with Crippen LogP contribution in [0, 0.1) is 0 Å². The Labute approximate surface area is 159 Å². The molecule has 2 aromatic carbocycles. The lowest BCUT2D eigenvalue weighted by atomic mass is 10.3. The highest BCUT2D eigenvalue weighted by Crippen LogP contribution is 2.32. The van der Waals surface area contributed by atoms with Crippen LogP contribution >= 0.6 is 22.9 Å². The van der Waals surface area contributed by atoms with Crippen molar-refractivity contribution in [3.63, 3.8) is 0 Å². The summed E-state index contributed by atoms with van der Waals surface area (Å²) in [7, 11) is 3.15. The highest BCUT2D eigenvalue weighted by Gasteiger charge is 2.13. The molecule has 0 saturated carbocycles. The van der Waals surface area contributed by atoms with Gasteiger partial charge in [-0.2, -0.15) is 0 Å². The Morgan fingerprint density at radius 2 is 1.88 bits per heavy atom. The van der Waals surface area contributed by atoms with Gasteiger partial charge in [0.05, 0.1) is 24.9 Å². The monoisotopic (exact) mass is 389 g/mol. The predicted molar refractivity (Wildman–Crippen MR) is 104 cm³/mol. The average molecular weight is 390 g/mol. The SMILES string of the molecule is COc1ccc(Nc2nc(C(=O)Nc3ccccc3Cl)cs2)cc1OC. The summed E-state index contributed by atoms with van der Waals surface area (Å²) >= 11 is 7.38. The Balaban J connectivity index is 1.72. The third kappa shape index (κ3) is 4.07. The largest absolute Gasteiger partial charge is 0.493 e.